The molecule has 5 atom stereocenters. The van der Waals surface area contributed by atoms with E-state index in [9.17, 15) is 24.6 Å². The summed E-state index contributed by atoms with van der Waals surface area (Å²) in [6.45, 7) is 2.03. The van der Waals surface area contributed by atoms with Gasteiger partial charge in [-0.1, -0.05) is 18.2 Å². The predicted octanol–water partition coefficient (Wildman–Crippen LogP) is 1.04. The van der Waals surface area contributed by atoms with Gasteiger partial charge < -0.3 is 28.7 Å². The molecule has 0 aliphatic carbocycles. The Hall–Kier alpha value is -2.38. The van der Waals surface area contributed by atoms with Gasteiger partial charge in [-0.2, -0.15) is 0 Å². The highest BCUT2D eigenvalue weighted by atomic mass is 32.5. The zero-order valence-corrected chi connectivity index (χ0v) is 22.1. The Morgan fingerprint density at radius 2 is 1.83 bits per heavy atom. The molecular formula is C22H32N3O9PS. The van der Waals surface area contributed by atoms with Gasteiger partial charge in [0.05, 0.1) is 25.4 Å². The zero-order chi connectivity index (χ0) is 26.9. The number of hydrogen-bond donors (Lipinski definition) is 4. The van der Waals surface area contributed by atoms with Gasteiger partial charge in [-0.05, 0) is 51.6 Å². The van der Waals surface area contributed by atoms with Crippen LogP contribution in [-0.4, -0.2) is 63.3 Å². The van der Waals surface area contributed by atoms with Gasteiger partial charge in [0.15, 0.2) is 6.23 Å². The van der Waals surface area contributed by atoms with Crippen molar-refractivity contribution in [3.8, 4) is 5.75 Å². The molecule has 200 valence electrons. The van der Waals surface area contributed by atoms with E-state index < -0.39 is 54.9 Å². The third-order valence-corrected chi connectivity index (χ3v) is 7.12. The van der Waals surface area contributed by atoms with Crippen molar-refractivity contribution in [2.75, 3.05) is 13.2 Å². The van der Waals surface area contributed by atoms with Crippen LogP contribution < -0.4 is 20.9 Å². The summed E-state index contributed by atoms with van der Waals surface area (Å²) in [5.41, 5.74) is -1.42. The molecule has 14 heteroatoms. The van der Waals surface area contributed by atoms with E-state index in [2.05, 4.69) is 10.1 Å². The lowest BCUT2D eigenvalue weighted by atomic mass is 10.2. The summed E-state index contributed by atoms with van der Waals surface area (Å²) in [6, 6.07) is 8.81. The van der Waals surface area contributed by atoms with E-state index in [1.165, 1.54) is 6.92 Å². The Labute approximate surface area is 213 Å². The van der Waals surface area contributed by atoms with E-state index in [0.717, 1.165) is 16.8 Å². The van der Waals surface area contributed by atoms with E-state index in [0.29, 0.717) is 5.75 Å². The van der Waals surface area contributed by atoms with E-state index in [1.807, 2.05) is 0 Å². The minimum absolute atomic E-state index is 0.324. The topological polar surface area (TPSA) is 161 Å². The van der Waals surface area contributed by atoms with Gasteiger partial charge in [-0.25, -0.2) is 9.88 Å². The minimum Gasteiger partial charge on any atom is -0.462 e. The number of carbonyl (C=O) groups is 1. The van der Waals surface area contributed by atoms with Crippen molar-refractivity contribution in [2.45, 2.75) is 58.3 Å². The summed E-state index contributed by atoms with van der Waals surface area (Å²) in [7, 11) is 0. The molecular weight excluding hydrogens is 513 g/mol. The number of aromatic nitrogens is 2. The smallest absolute Gasteiger partial charge is 0.330 e. The van der Waals surface area contributed by atoms with Crippen molar-refractivity contribution in [3.05, 3.63) is 63.4 Å². The largest absolute Gasteiger partial charge is 0.462 e. The summed E-state index contributed by atoms with van der Waals surface area (Å²) >= 11 is 5.63. The van der Waals surface area contributed by atoms with Crippen LogP contribution in [0.15, 0.2) is 52.2 Å². The Bertz CT molecular complexity index is 1140. The van der Waals surface area contributed by atoms with Crippen molar-refractivity contribution in [1.29, 1.82) is 0 Å². The molecule has 1 heterocycles. The maximum Gasteiger partial charge on any atom is 0.330 e. The van der Waals surface area contributed by atoms with Crippen LogP contribution in [0, 0.1) is 0 Å². The molecule has 0 fully saturated rings. The van der Waals surface area contributed by atoms with Crippen molar-refractivity contribution < 1.29 is 33.5 Å². The second-order valence-corrected chi connectivity index (χ2v) is 11.2. The standard InChI is InChI=1S/C22H32N3O9PS/c1-14(2)32-21(29)15(3)24-35(36,34-17-8-6-5-7-9-17)31-13-18(16(4)27)33-20(12-26)25-11-10-19(28)23-22(25)30/h5-11,14-16,18,20,26-27H,12-13H2,1-4H3,(H,24,36)(H,23,28,30)/t15?,16-,18?,20?,35-/m0/s1. The average Bonchev–Trinajstić information content (AvgIpc) is 2.79. The fourth-order valence-corrected chi connectivity index (χ4v) is 5.27. The van der Waals surface area contributed by atoms with Gasteiger partial charge in [0.25, 0.3) is 5.56 Å². The van der Waals surface area contributed by atoms with Gasteiger partial charge in [0, 0.05) is 12.3 Å². The molecule has 0 amide bonds. The van der Waals surface area contributed by atoms with Gasteiger partial charge in [-0.15, -0.1) is 0 Å². The Kier molecular flexibility index (Phi) is 11.4. The SMILES string of the molecule is CC(C)OC(=O)C(C)N[P@](=S)(OCC(OC(CO)n1ccc(=O)[nH]c1=O)[C@H](C)O)Oc1ccccc1. The number of aliphatic hydroxyl groups is 2. The summed E-state index contributed by atoms with van der Waals surface area (Å²) in [5.74, 6) is -0.166. The highest BCUT2D eigenvalue weighted by Crippen LogP contribution is 2.45. The molecule has 0 saturated heterocycles. The molecule has 3 unspecified atom stereocenters. The van der Waals surface area contributed by atoms with Crippen LogP contribution in [0.4, 0.5) is 0 Å². The molecule has 1 aromatic heterocycles. The maximum absolute atomic E-state index is 12.4. The van der Waals surface area contributed by atoms with Crippen molar-refractivity contribution in [2.24, 2.45) is 0 Å². The van der Waals surface area contributed by atoms with Gasteiger partial charge in [0.2, 0.25) is 0 Å². The zero-order valence-electron chi connectivity index (χ0n) is 20.4. The first-order chi connectivity index (χ1) is 16.9. The normalized spacial score (nSPS) is 16.5. The van der Waals surface area contributed by atoms with E-state index in [1.54, 1.807) is 51.1 Å². The number of esters is 1. The lowest BCUT2D eigenvalue weighted by Gasteiger charge is -2.30. The molecule has 0 aliphatic heterocycles. The van der Waals surface area contributed by atoms with E-state index in [4.69, 9.17) is 30.3 Å². The van der Waals surface area contributed by atoms with Crippen LogP contribution in [0.3, 0.4) is 0 Å². The Morgan fingerprint density at radius 3 is 2.39 bits per heavy atom. The number of ether oxygens (including phenoxy) is 2. The lowest BCUT2D eigenvalue weighted by Crippen LogP contribution is -2.40. The monoisotopic (exact) mass is 545 g/mol. The molecule has 2 aromatic rings. The fraction of sp³-hybridized carbons (Fsp3) is 0.500. The number of aliphatic hydroxyl groups excluding tert-OH is 2. The summed E-state index contributed by atoms with van der Waals surface area (Å²) in [6.07, 6.45) is -2.62. The summed E-state index contributed by atoms with van der Waals surface area (Å²) in [5, 5.41) is 22.9. The number of nitrogens with one attached hydrogen (secondary N) is 2. The third kappa shape index (κ3) is 9.25. The van der Waals surface area contributed by atoms with E-state index in [-0.39, 0.29) is 12.7 Å². The quantitative estimate of drug-likeness (QED) is 0.198. The van der Waals surface area contributed by atoms with Crippen molar-refractivity contribution in [3.63, 3.8) is 0 Å². The number of hydrogen-bond acceptors (Lipinski definition) is 10. The van der Waals surface area contributed by atoms with Crippen molar-refractivity contribution in [1.82, 2.24) is 14.6 Å². The van der Waals surface area contributed by atoms with Gasteiger partial charge in [-0.3, -0.25) is 19.1 Å². The first-order valence-electron chi connectivity index (χ1n) is 11.2. The number of benzene rings is 1. The van der Waals surface area contributed by atoms with Crippen molar-refractivity contribution >= 4 is 24.4 Å². The molecule has 2 rings (SSSR count). The Balaban J connectivity index is 2.23. The van der Waals surface area contributed by atoms with Crippen LogP contribution in [0.5, 0.6) is 5.75 Å². The van der Waals surface area contributed by atoms with Crippen LogP contribution in [0.25, 0.3) is 0 Å². The highest BCUT2D eigenvalue weighted by Gasteiger charge is 2.31. The number of H-pyrrole nitrogens is 1. The second-order valence-electron chi connectivity index (χ2n) is 8.10. The van der Waals surface area contributed by atoms with Gasteiger partial charge in [0.1, 0.15) is 17.9 Å². The molecule has 0 aliphatic rings. The lowest BCUT2D eigenvalue weighted by molar-refractivity contribution is -0.149. The maximum atomic E-state index is 12.4. The molecule has 0 bridgehead atoms. The third-order valence-electron chi connectivity index (χ3n) is 4.62. The predicted molar refractivity (Wildman–Crippen MR) is 135 cm³/mol. The summed E-state index contributed by atoms with van der Waals surface area (Å²) in [4.78, 5) is 37.9. The van der Waals surface area contributed by atoms with Gasteiger partial charge >= 0.3 is 18.3 Å². The van der Waals surface area contributed by atoms with Crippen LogP contribution >= 0.6 is 6.64 Å². The molecule has 0 radical (unpaired) electrons. The fourth-order valence-electron chi connectivity index (χ4n) is 2.85. The van der Waals surface area contributed by atoms with Crippen LogP contribution in [0.1, 0.15) is 33.9 Å². The first kappa shape index (κ1) is 29.8. The summed E-state index contributed by atoms with van der Waals surface area (Å²) < 4.78 is 23.7. The van der Waals surface area contributed by atoms with E-state index >= 15 is 0 Å². The number of rotatable bonds is 14. The van der Waals surface area contributed by atoms with Crippen LogP contribution in [0.2, 0.25) is 0 Å². The second kappa shape index (κ2) is 13.8. The molecule has 12 nitrogen and oxygen atoms in total. The molecule has 0 spiro atoms. The van der Waals surface area contributed by atoms with Crippen LogP contribution in [-0.2, 0) is 30.6 Å². The number of para-hydroxylation sites is 1. The molecule has 1 aromatic carbocycles. The minimum atomic E-state index is -3.42. The number of nitrogens with zero attached hydrogens (tertiary/aromatic N) is 1. The number of carbonyl (C=O) groups excluding carboxylic acids is 1. The molecule has 36 heavy (non-hydrogen) atoms. The first-order valence-corrected chi connectivity index (χ1v) is 13.8. The average molecular weight is 546 g/mol. The number of aromatic amines is 1. The Morgan fingerprint density at radius 1 is 1.17 bits per heavy atom. The molecule has 0 saturated carbocycles. The molecule has 4 N–H and O–H groups in total. The highest BCUT2D eigenvalue weighted by molar-refractivity contribution is 8.09.